The Kier molecular flexibility index (Phi) is 6.70. The molecule has 2 aromatic carbocycles. The molecule has 1 amide bonds. The number of aromatic nitrogens is 1. The Balaban J connectivity index is 1.70. The molecule has 0 fully saturated rings. The lowest BCUT2D eigenvalue weighted by Gasteiger charge is -2.39. The molecule has 0 saturated carbocycles. The molecule has 0 N–H and O–H groups in total. The predicted molar refractivity (Wildman–Crippen MR) is 128 cm³/mol. The van der Waals surface area contributed by atoms with E-state index >= 15 is 0 Å². The van der Waals surface area contributed by atoms with Gasteiger partial charge in [0.1, 0.15) is 12.5 Å². The first-order chi connectivity index (χ1) is 16.3. The highest BCUT2D eigenvalue weighted by Crippen LogP contribution is 2.39. The summed E-state index contributed by atoms with van der Waals surface area (Å²) in [5, 5.41) is 0.433. The molecule has 9 heteroatoms. The van der Waals surface area contributed by atoms with Crippen molar-refractivity contribution in [3.63, 3.8) is 0 Å². The Bertz CT molecular complexity index is 1270. The van der Waals surface area contributed by atoms with Crippen molar-refractivity contribution in [1.82, 2.24) is 4.98 Å². The van der Waals surface area contributed by atoms with Crippen LogP contribution in [0.4, 0.5) is 21.5 Å². The van der Waals surface area contributed by atoms with Crippen LogP contribution in [0, 0.1) is 19.7 Å². The standard InChI is InChI=1S/C25H23ClFN3O4/c1-4-33-24(31)13-34-23-10-9-21(16(3)28-23)30-14-29(20-8-6-18(27)11-15(20)2)22-7-5-17(26)12-19(22)25(30)32/h5-12H,4,13-14H2,1-3H3. The van der Waals surface area contributed by atoms with Gasteiger partial charge in [0.15, 0.2) is 6.61 Å². The van der Waals surface area contributed by atoms with Crippen LogP contribution < -0.4 is 14.5 Å². The molecule has 0 atom stereocenters. The molecule has 7 nitrogen and oxygen atoms in total. The summed E-state index contributed by atoms with van der Waals surface area (Å²) in [6.45, 7) is 5.47. The lowest BCUT2D eigenvalue weighted by molar-refractivity contribution is -0.145. The van der Waals surface area contributed by atoms with E-state index in [0.717, 1.165) is 11.3 Å². The number of hydrogen-bond donors (Lipinski definition) is 0. The number of halogens is 2. The summed E-state index contributed by atoms with van der Waals surface area (Å²) in [6, 6.07) is 13.0. The summed E-state index contributed by atoms with van der Waals surface area (Å²) in [5.41, 5.74) is 3.71. The summed E-state index contributed by atoms with van der Waals surface area (Å²) in [4.78, 5) is 32.9. The van der Waals surface area contributed by atoms with Crippen molar-refractivity contribution in [3.05, 3.63) is 76.2 Å². The molecule has 4 rings (SSSR count). The van der Waals surface area contributed by atoms with Crippen LogP contribution in [0.1, 0.15) is 28.5 Å². The van der Waals surface area contributed by atoms with Gasteiger partial charge in [-0.15, -0.1) is 0 Å². The third kappa shape index (κ3) is 4.68. The first-order valence-electron chi connectivity index (χ1n) is 10.7. The van der Waals surface area contributed by atoms with Gasteiger partial charge in [0.2, 0.25) is 5.88 Å². The van der Waals surface area contributed by atoms with Crippen LogP contribution in [0.5, 0.6) is 5.88 Å². The van der Waals surface area contributed by atoms with Gasteiger partial charge in [-0.2, -0.15) is 0 Å². The monoisotopic (exact) mass is 483 g/mol. The molecule has 0 unspecified atom stereocenters. The number of nitrogens with zero attached hydrogens (tertiary/aromatic N) is 3. The summed E-state index contributed by atoms with van der Waals surface area (Å²) < 4.78 is 24.0. The maximum atomic E-state index is 13.8. The number of esters is 1. The maximum absolute atomic E-state index is 13.8. The summed E-state index contributed by atoms with van der Waals surface area (Å²) >= 11 is 6.21. The molecular weight excluding hydrogens is 461 g/mol. The van der Waals surface area contributed by atoms with Gasteiger partial charge in [0, 0.05) is 16.8 Å². The molecule has 2 heterocycles. The van der Waals surface area contributed by atoms with Crippen molar-refractivity contribution in [2.45, 2.75) is 20.8 Å². The van der Waals surface area contributed by atoms with E-state index in [9.17, 15) is 14.0 Å². The average molecular weight is 484 g/mol. The normalized spacial score (nSPS) is 13.0. The highest BCUT2D eigenvalue weighted by atomic mass is 35.5. The highest BCUT2D eigenvalue weighted by Gasteiger charge is 2.33. The van der Waals surface area contributed by atoms with Crippen LogP contribution in [-0.4, -0.2) is 36.7 Å². The van der Waals surface area contributed by atoms with Crippen LogP contribution in [0.2, 0.25) is 5.02 Å². The third-order valence-corrected chi connectivity index (χ3v) is 5.66. The Labute approximate surface area is 201 Å². The number of carbonyl (C=O) groups excluding carboxylic acids is 2. The molecule has 176 valence electrons. The molecule has 0 spiro atoms. The van der Waals surface area contributed by atoms with Crippen molar-refractivity contribution >= 4 is 40.5 Å². The minimum absolute atomic E-state index is 0.186. The summed E-state index contributed by atoms with van der Waals surface area (Å²) in [6.07, 6.45) is 0. The molecule has 3 aromatic rings. The first kappa shape index (κ1) is 23.5. The smallest absolute Gasteiger partial charge is 0.344 e. The van der Waals surface area contributed by atoms with Gasteiger partial charge < -0.3 is 14.4 Å². The Morgan fingerprint density at radius 2 is 1.79 bits per heavy atom. The molecule has 0 aliphatic carbocycles. The van der Waals surface area contributed by atoms with Gasteiger partial charge in [-0.3, -0.25) is 9.69 Å². The zero-order valence-corrected chi connectivity index (χ0v) is 19.7. The van der Waals surface area contributed by atoms with E-state index in [1.807, 2.05) is 11.8 Å². The topological polar surface area (TPSA) is 72.0 Å². The number of ether oxygens (including phenoxy) is 2. The SMILES string of the molecule is CCOC(=O)COc1ccc(N2CN(c3ccc(F)cc3C)c3ccc(Cl)cc3C2=O)c(C)n1. The van der Waals surface area contributed by atoms with E-state index in [4.69, 9.17) is 21.1 Å². The third-order valence-electron chi connectivity index (χ3n) is 5.42. The molecule has 0 saturated heterocycles. The fourth-order valence-electron chi connectivity index (χ4n) is 3.89. The second-order valence-corrected chi connectivity index (χ2v) is 8.18. The van der Waals surface area contributed by atoms with E-state index in [1.165, 1.54) is 12.1 Å². The first-order valence-corrected chi connectivity index (χ1v) is 11.1. The number of benzene rings is 2. The second kappa shape index (κ2) is 9.69. The van der Waals surface area contributed by atoms with E-state index in [2.05, 4.69) is 4.98 Å². The van der Waals surface area contributed by atoms with Crippen molar-refractivity contribution < 1.29 is 23.5 Å². The average Bonchev–Trinajstić information content (AvgIpc) is 2.79. The molecule has 0 radical (unpaired) electrons. The van der Waals surface area contributed by atoms with Crippen molar-refractivity contribution in [1.29, 1.82) is 0 Å². The number of anilines is 3. The van der Waals surface area contributed by atoms with E-state index in [0.29, 0.717) is 27.7 Å². The van der Waals surface area contributed by atoms with Gasteiger partial charge >= 0.3 is 5.97 Å². The van der Waals surface area contributed by atoms with E-state index in [1.54, 1.807) is 55.1 Å². The quantitative estimate of drug-likeness (QED) is 0.449. The number of hydrogen-bond acceptors (Lipinski definition) is 6. The Hall–Kier alpha value is -3.65. The van der Waals surface area contributed by atoms with Crippen LogP contribution in [0.3, 0.4) is 0 Å². The number of amides is 1. The Morgan fingerprint density at radius 3 is 2.50 bits per heavy atom. The van der Waals surface area contributed by atoms with Gasteiger partial charge in [0.05, 0.1) is 29.2 Å². The molecule has 1 aliphatic heterocycles. The molecule has 1 aliphatic rings. The van der Waals surface area contributed by atoms with E-state index in [-0.39, 0.29) is 37.5 Å². The zero-order chi connectivity index (χ0) is 24.4. The molecule has 1 aromatic heterocycles. The summed E-state index contributed by atoms with van der Waals surface area (Å²) in [5.74, 6) is -0.816. The molecule has 34 heavy (non-hydrogen) atoms. The van der Waals surface area contributed by atoms with Crippen LogP contribution >= 0.6 is 11.6 Å². The lowest BCUT2D eigenvalue weighted by Crippen LogP contribution is -2.45. The number of carbonyl (C=O) groups is 2. The number of fused-ring (bicyclic) bond motifs is 1. The van der Waals surface area contributed by atoms with Gasteiger partial charge in [-0.1, -0.05) is 11.6 Å². The minimum Gasteiger partial charge on any atom is -0.466 e. The van der Waals surface area contributed by atoms with Crippen LogP contribution in [0.15, 0.2) is 48.5 Å². The fraction of sp³-hybridized carbons (Fsp3) is 0.240. The fourth-order valence-corrected chi connectivity index (χ4v) is 4.06. The number of aryl methyl sites for hydroxylation is 2. The number of pyridine rings is 1. The van der Waals surface area contributed by atoms with Crippen LogP contribution in [0.25, 0.3) is 0 Å². The lowest BCUT2D eigenvalue weighted by atomic mass is 10.0. The van der Waals surface area contributed by atoms with Crippen LogP contribution in [-0.2, 0) is 9.53 Å². The largest absolute Gasteiger partial charge is 0.466 e. The van der Waals surface area contributed by atoms with Crippen molar-refractivity contribution in [2.75, 3.05) is 29.7 Å². The van der Waals surface area contributed by atoms with E-state index < -0.39 is 5.97 Å². The van der Waals surface area contributed by atoms with Gasteiger partial charge in [0.25, 0.3) is 5.91 Å². The molecule has 0 bridgehead atoms. The van der Waals surface area contributed by atoms with Crippen molar-refractivity contribution in [3.8, 4) is 5.88 Å². The highest BCUT2D eigenvalue weighted by molar-refractivity contribution is 6.31. The maximum Gasteiger partial charge on any atom is 0.344 e. The van der Waals surface area contributed by atoms with Gasteiger partial charge in [-0.05, 0) is 68.8 Å². The Morgan fingerprint density at radius 1 is 1.06 bits per heavy atom. The van der Waals surface area contributed by atoms with Gasteiger partial charge in [-0.25, -0.2) is 14.2 Å². The minimum atomic E-state index is -0.490. The number of rotatable bonds is 6. The zero-order valence-electron chi connectivity index (χ0n) is 19.0. The second-order valence-electron chi connectivity index (χ2n) is 7.74. The van der Waals surface area contributed by atoms with Crippen molar-refractivity contribution in [2.24, 2.45) is 0 Å². The summed E-state index contributed by atoms with van der Waals surface area (Å²) in [7, 11) is 0. The molecular formula is C25H23ClFN3O4. The predicted octanol–water partition coefficient (Wildman–Crippen LogP) is 5.19.